The zero-order valence-corrected chi connectivity index (χ0v) is 11.7. The van der Waals surface area contributed by atoms with Gasteiger partial charge in [0, 0.05) is 12.3 Å². The van der Waals surface area contributed by atoms with E-state index in [0.717, 1.165) is 0 Å². The normalized spacial score (nSPS) is 9.13. The second-order valence-electron chi connectivity index (χ2n) is 4.16. The van der Waals surface area contributed by atoms with Gasteiger partial charge in [-0.15, -0.1) is 0 Å². The Kier molecular flexibility index (Phi) is 4.85. The Morgan fingerprint density at radius 1 is 1.17 bits per heavy atom. The van der Waals surface area contributed by atoms with Crippen LogP contribution in [0.1, 0.15) is 10.5 Å². The lowest BCUT2D eigenvalue weighted by Crippen LogP contribution is -2.12. The number of ether oxygens (including phenoxy) is 1. The Hall–Kier alpha value is -3.91. The molecule has 0 aliphatic carbocycles. The van der Waals surface area contributed by atoms with Crippen LogP contribution in [-0.2, 0) is 0 Å². The molecule has 1 aromatic heterocycles. The summed E-state index contributed by atoms with van der Waals surface area (Å²) in [6.45, 7) is 0. The number of hydrazone groups is 1. The molecular formula is C15H10N6O2. The van der Waals surface area contributed by atoms with Crippen LogP contribution in [-0.4, -0.2) is 16.6 Å². The summed E-state index contributed by atoms with van der Waals surface area (Å²) in [6, 6.07) is 12.9. The molecule has 0 unspecified atom stereocenters. The molecule has 0 aliphatic heterocycles. The maximum absolute atomic E-state index is 11.1. The van der Waals surface area contributed by atoms with Gasteiger partial charge in [0.05, 0.1) is 5.69 Å². The lowest BCUT2D eigenvalue weighted by Gasteiger charge is -2.07. The van der Waals surface area contributed by atoms with Crippen LogP contribution < -0.4 is 15.9 Å². The summed E-state index contributed by atoms with van der Waals surface area (Å²) in [5.41, 5.74) is 8.14. The highest BCUT2D eigenvalue weighted by molar-refractivity contribution is 6.10. The Morgan fingerprint density at radius 2 is 1.87 bits per heavy atom. The fourth-order valence-electron chi connectivity index (χ4n) is 1.54. The number of aromatic nitrogens is 1. The van der Waals surface area contributed by atoms with Crippen LogP contribution in [0.2, 0.25) is 0 Å². The topological polar surface area (TPSA) is 137 Å². The quantitative estimate of drug-likeness (QED) is 0.638. The summed E-state index contributed by atoms with van der Waals surface area (Å²) >= 11 is 0. The summed E-state index contributed by atoms with van der Waals surface area (Å²) in [6.07, 6.45) is 1.42. The van der Waals surface area contributed by atoms with E-state index in [2.05, 4.69) is 15.5 Å². The van der Waals surface area contributed by atoms with Crippen molar-refractivity contribution < 1.29 is 9.53 Å². The van der Waals surface area contributed by atoms with E-state index in [4.69, 9.17) is 21.0 Å². The molecular weight excluding hydrogens is 296 g/mol. The van der Waals surface area contributed by atoms with Crippen LogP contribution in [0.4, 0.5) is 5.69 Å². The molecule has 0 fully saturated rings. The molecule has 0 radical (unpaired) electrons. The summed E-state index contributed by atoms with van der Waals surface area (Å²) in [5, 5.41) is 20.8. The first-order valence-electron chi connectivity index (χ1n) is 6.30. The lowest BCUT2D eigenvalue weighted by atomic mass is 10.3. The fourth-order valence-corrected chi connectivity index (χ4v) is 1.54. The number of carbonyl (C=O) groups excluding carboxylic acids is 1. The molecule has 1 aromatic carbocycles. The van der Waals surface area contributed by atoms with Gasteiger partial charge in [-0.1, -0.05) is 0 Å². The fraction of sp³-hybridized carbons (Fsp3) is 0. The van der Waals surface area contributed by atoms with Crippen LogP contribution in [0, 0.1) is 22.7 Å². The largest absolute Gasteiger partial charge is 0.457 e. The molecule has 2 aromatic rings. The van der Waals surface area contributed by atoms with Gasteiger partial charge in [0.25, 0.3) is 5.91 Å². The molecule has 0 aliphatic rings. The van der Waals surface area contributed by atoms with E-state index < -0.39 is 5.91 Å². The predicted molar refractivity (Wildman–Crippen MR) is 81.6 cm³/mol. The highest BCUT2D eigenvalue weighted by Crippen LogP contribution is 2.23. The van der Waals surface area contributed by atoms with E-state index in [-0.39, 0.29) is 11.4 Å². The van der Waals surface area contributed by atoms with E-state index in [1.165, 1.54) is 12.3 Å². The smallest absolute Gasteiger partial charge is 0.267 e. The van der Waals surface area contributed by atoms with Crippen molar-refractivity contribution in [3.63, 3.8) is 0 Å². The maximum Gasteiger partial charge on any atom is 0.267 e. The van der Waals surface area contributed by atoms with Crippen molar-refractivity contribution in [3.8, 4) is 23.6 Å². The first-order valence-corrected chi connectivity index (χ1v) is 6.30. The van der Waals surface area contributed by atoms with Crippen molar-refractivity contribution >= 4 is 17.3 Å². The van der Waals surface area contributed by atoms with E-state index in [9.17, 15) is 4.79 Å². The molecule has 0 saturated carbocycles. The summed E-state index contributed by atoms with van der Waals surface area (Å²) in [5.74, 6) is 0.296. The molecule has 23 heavy (non-hydrogen) atoms. The van der Waals surface area contributed by atoms with Crippen LogP contribution in [0.3, 0.4) is 0 Å². The molecule has 0 bridgehead atoms. The van der Waals surface area contributed by atoms with E-state index in [0.29, 0.717) is 17.2 Å². The molecule has 8 nitrogen and oxygen atoms in total. The van der Waals surface area contributed by atoms with Gasteiger partial charge in [0.1, 0.15) is 29.3 Å². The molecule has 2 rings (SSSR count). The zero-order chi connectivity index (χ0) is 16.7. The minimum atomic E-state index is -0.640. The number of nitrogens with zero attached hydrogens (tertiary/aromatic N) is 4. The Balaban J connectivity index is 2.07. The van der Waals surface area contributed by atoms with Gasteiger partial charge in [-0.05, 0) is 30.3 Å². The van der Waals surface area contributed by atoms with Crippen LogP contribution >= 0.6 is 0 Å². The number of pyridine rings is 1. The summed E-state index contributed by atoms with van der Waals surface area (Å²) in [4.78, 5) is 14.9. The van der Waals surface area contributed by atoms with Crippen LogP contribution in [0.5, 0.6) is 11.5 Å². The van der Waals surface area contributed by atoms with Crippen molar-refractivity contribution in [1.29, 1.82) is 10.5 Å². The number of anilines is 1. The number of hydrogen-bond donors (Lipinski definition) is 2. The van der Waals surface area contributed by atoms with Gasteiger partial charge in [-0.25, -0.2) is 0 Å². The maximum atomic E-state index is 11.1. The minimum absolute atomic E-state index is 0.107. The number of primary amides is 1. The van der Waals surface area contributed by atoms with E-state index in [1.54, 1.807) is 42.5 Å². The Labute approximate surface area is 131 Å². The summed E-state index contributed by atoms with van der Waals surface area (Å²) < 4.78 is 5.58. The minimum Gasteiger partial charge on any atom is -0.457 e. The van der Waals surface area contributed by atoms with Gasteiger partial charge in [0.15, 0.2) is 0 Å². The van der Waals surface area contributed by atoms with Gasteiger partial charge in [-0.2, -0.15) is 15.6 Å². The van der Waals surface area contributed by atoms with Gasteiger partial charge in [0.2, 0.25) is 5.71 Å². The third kappa shape index (κ3) is 4.28. The Morgan fingerprint density at radius 3 is 2.48 bits per heavy atom. The number of hydrogen-bond acceptors (Lipinski definition) is 7. The van der Waals surface area contributed by atoms with Crippen LogP contribution in [0.25, 0.3) is 0 Å². The van der Waals surface area contributed by atoms with Gasteiger partial charge < -0.3 is 10.5 Å². The first kappa shape index (κ1) is 15.5. The number of carbonyl (C=O) groups is 1. The molecule has 112 valence electrons. The zero-order valence-electron chi connectivity index (χ0n) is 11.7. The third-order valence-electron chi connectivity index (χ3n) is 2.58. The number of rotatable bonds is 5. The molecule has 8 heteroatoms. The SMILES string of the molecule is N#CC(C#N)=NNc1ccc(Oc2ccnc(C(N)=O)c2)cc1. The third-order valence-corrected chi connectivity index (χ3v) is 2.58. The predicted octanol–water partition coefficient (Wildman–Crippen LogP) is 1.79. The lowest BCUT2D eigenvalue weighted by molar-refractivity contribution is 0.0995. The number of nitriles is 2. The monoisotopic (exact) mass is 306 g/mol. The molecule has 0 spiro atoms. The standard InChI is InChI=1S/C15H10N6O2/c16-8-11(9-17)21-20-10-1-3-12(4-2-10)23-13-5-6-19-14(7-13)15(18)22/h1-7,20H,(H2,18,22). The van der Waals surface area contributed by atoms with Gasteiger partial charge >= 0.3 is 0 Å². The Bertz CT molecular complexity index is 814. The van der Waals surface area contributed by atoms with Crippen molar-refractivity contribution in [1.82, 2.24) is 4.98 Å². The highest BCUT2D eigenvalue weighted by Gasteiger charge is 2.04. The van der Waals surface area contributed by atoms with Gasteiger partial charge in [-0.3, -0.25) is 15.2 Å². The number of nitrogens with one attached hydrogen (secondary N) is 1. The molecule has 3 N–H and O–H groups in total. The molecule has 0 atom stereocenters. The van der Waals surface area contributed by atoms with Crippen LogP contribution in [0.15, 0.2) is 47.7 Å². The van der Waals surface area contributed by atoms with Crippen molar-refractivity contribution in [2.24, 2.45) is 10.8 Å². The second-order valence-corrected chi connectivity index (χ2v) is 4.16. The van der Waals surface area contributed by atoms with E-state index in [1.807, 2.05) is 0 Å². The number of nitrogens with two attached hydrogens (primary N) is 1. The molecule has 1 heterocycles. The first-order chi connectivity index (χ1) is 11.1. The molecule has 1 amide bonds. The summed E-state index contributed by atoms with van der Waals surface area (Å²) in [7, 11) is 0. The molecule has 0 saturated heterocycles. The van der Waals surface area contributed by atoms with Crippen molar-refractivity contribution in [2.75, 3.05) is 5.43 Å². The van der Waals surface area contributed by atoms with E-state index >= 15 is 0 Å². The highest BCUT2D eigenvalue weighted by atomic mass is 16.5. The number of benzene rings is 1. The average molecular weight is 306 g/mol. The second kappa shape index (κ2) is 7.20. The average Bonchev–Trinajstić information content (AvgIpc) is 2.57. The van der Waals surface area contributed by atoms with Crippen molar-refractivity contribution in [3.05, 3.63) is 48.3 Å². The van der Waals surface area contributed by atoms with Crippen molar-refractivity contribution in [2.45, 2.75) is 0 Å². The number of amides is 1.